The van der Waals surface area contributed by atoms with Crippen LogP contribution < -0.4 is 0 Å². The number of methoxy groups -OCH3 is 2. The number of halogens is 1. The number of hydrogen-bond acceptors (Lipinski definition) is 6. The molecule has 1 N–H and O–H groups in total. The average Bonchev–Trinajstić information content (AvgIpc) is 3.32. The molecule has 2 heterocycles. The number of amides is 1. The van der Waals surface area contributed by atoms with Crippen LogP contribution in [-0.2, 0) is 9.47 Å². The summed E-state index contributed by atoms with van der Waals surface area (Å²) in [5.41, 5.74) is 3.22. The largest absolute Gasteiger partial charge is 0.354 e. The number of nitro benzene ring substituents is 1. The summed E-state index contributed by atoms with van der Waals surface area (Å²) in [6.07, 6.45) is -0.596. The lowest BCUT2D eigenvalue weighted by molar-refractivity contribution is -0.384. The monoisotopic (exact) mass is 486 g/mol. The van der Waals surface area contributed by atoms with Gasteiger partial charge in [-0.2, -0.15) is 5.10 Å². The van der Waals surface area contributed by atoms with Crippen LogP contribution in [0.2, 0.25) is 0 Å². The van der Waals surface area contributed by atoms with Crippen molar-refractivity contribution in [2.45, 2.75) is 12.3 Å². The molecule has 1 amide bonds. The van der Waals surface area contributed by atoms with Gasteiger partial charge in [-0.25, -0.2) is 0 Å². The van der Waals surface area contributed by atoms with E-state index in [0.717, 1.165) is 10.0 Å². The summed E-state index contributed by atoms with van der Waals surface area (Å²) >= 11 is 3.44. The number of rotatable bonds is 7. The first-order chi connectivity index (χ1) is 14.9. The number of nitrogens with one attached hydrogen (secondary N) is 1. The quantitative estimate of drug-likeness (QED) is 0.307. The Labute approximate surface area is 186 Å². The van der Waals surface area contributed by atoms with E-state index in [1.165, 1.54) is 26.4 Å². The molecule has 2 aromatic carbocycles. The molecule has 160 valence electrons. The number of aromatic nitrogens is 2. The Bertz CT molecular complexity index is 1110. The smallest absolute Gasteiger partial charge is 0.273 e. The highest BCUT2D eigenvalue weighted by Gasteiger charge is 2.43. The normalized spacial score (nSPS) is 15.5. The second-order valence-electron chi connectivity index (χ2n) is 6.98. The van der Waals surface area contributed by atoms with E-state index in [-0.39, 0.29) is 18.1 Å². The highest BCUT2D eigenvalue weighted by molar-refractivity contribution is 9.10. The summed E-state index contributed by atoms with van der Waals surface area (Å²) in [5, 5.41) is 18.2. The van der Waals surface area contributed by atoms with Gasteiger partial charge in [-0.3, -0.25) is 20.0 Å². The molecule has 1 aliphatic rings. The van der Waals surface area contributed by atoms with E-state index in [1.54, 1.807) is 17.0 Å². The molecule has 1 aliphatic heterocycles. The molecule has 3 aromatic rings. The van der Waals surface area contributed by atoms with Gasteiger partial charge in [-0.1, -0.05) is 28.1 Å². The second kappa shape index (κ2) is 8.58. The maximum absolute atomic E-state index is 13.2. The van der Waals surface area contributed by atoms with Crippen LogP contribution >= 0.6 is 15.9 Å². The summed E-state index contributed by atoms with van der Waals surface area (Å²) in [6, 6.07) is 13.4. The average molecular weight is 487 g/mol. The summed E-state index contributed by atoms with van der Waals surface area (Å²) in [7, 11) is 3.04. The fraction of sp³-hybridized carbons (Fsp3) is 0.238. The Morgan fingerprint density at radius 2 is 1.81 bits per heavy atom. The van der Waals surface area contributed by atoms with E-state index < -0.39 is 17.3 Å². The van der Waals surface area contributed by atoms with Gasteiger partial charge in [0.1, 0.15) is 5.69 Å². The number of non-ortho nitro benzene ring substituents is 1. The topological polar surface area (TPSA) is 111 Å². The van der Waals surface area contributed by atoms with Gasteiger partial charge >= 0.3 is 0 Å². The molecular formula is C21H19BrN4O5. The number of aromatic amines is 1. The van der Waals surface area contributed by atoms with E-state index in [4.69, 9.17) is 9.47 Å². The lowest BCUT2D eigenvalue weighted by Gasteiger charge is -2.29. The van der Waals surface area contributed by atoms with Crippen LogP contribution in [0.3, 0.4) is 0 Å². The molecule has 0 saturated carbocycles. The molecule has 0 radical (unpaired) electrons. The Morgan fingerprint density at radius 1 is 1.16 bits per heavy atom. The van der Waals surface area contributed by atoms with Gasteiger partial charge in [-0.05, 0) is 29.8 Å². The van der Waals surface area contributed by atoms with Crippen molar-refractivity contribution in [3.63, 3.8) is 0 Å². The maximum Gasteiger partial charge on any atom is 0.273 e. The number of ether oxygens (including phenoxy) is 2. The van der Waals surface area contributed by atoms with Gasteiger partial charge in [0.15, 0.2) is 6.29 Å². The van der Waals surface area contributed by atoms with E-state index in [1.807, 2.05) is 24.3 Å². The summed E-state index contributed by atoms with van der Waals surface area (Å²) < 4.78 is 11.6. The molecule has 0 aliphatic carbocycles. The molecule has 0 saturated heterocycles. The van der Waals surface area contributed by atoms with Crippen molar-refractivity contribution in [2.24, 2.45) is 0 Å². The van der Waals surface area contributed by atoms with Crippen LogP contribution in [0.1, 0.15) is 27.7 Å². The van der Waals surface area contributed by atoms with Crippen molar-refractivity contribution in [2.75, 3.05) is 20.8 Å². The Kier molecular flexibility index (Phi) is 5.86. The van der Waals surface area contributed by atoms with Crippen molar-refractivity contribution >= 4 is 27.5 Å². The SMILES string of the molecule is COC(CN1C(=O)c2[nH]nc(-c3ccc([N+](=O)[O-])cc3)c2C1c1ccc(Br)cc1)OC. The third kappa shape index (κ3) is 3.85. The fourth-order valence-electron chi connectivity index (χ4n) is 3.74. The zero-order valence-electron chi connectivity index (χ0n) is 16.7. The lowest BCUT2D eigenvalue weighted by atomic mass is 9.96. The number of H-pyrrole nitrogens is 1. The van der Waals surface area contributed by atoms with Crippen molar-refractivity contribution in [1.29, 1.82) is 0 Å². The molecule has 1 atom stereocenters. The maximum atomic E-state index is 13.2. The molecule has 4 rings (SSSR count). The first-order valence-corrected chi connectivity index (χ1v) is 10.2. The van der Waals surface area contributed by atoms with Crippen molar-refractivity contribution in [1.82, 2.24) is 15.1 Å². The van der Waals surface area contributed by atoms with Crippen LogP contribution in [0, 0.1) is 10.1 Å². The third-order valence-electron chi connectivity index (χ3n) is 5.27. The Hall–Kier alpha value is -3.08. The van der Waals surface area contributed by atoms with Gasteiger partial charge in [0.2, 0.25) is 0 Å². The van der Waals surface area contributed by atoms with Gasteiger partial charge in [0, 0.05) is 42.0 Å². The zero-order valence-corrected chi connectivity index (χ0v) is 18.3. The molecule has 0 spiro atoms. The summed E-state index contributed by atoms with van der Waals surface area (Å²) in [6.45, 7) is 0.217. The van der Waals surface area contributed by atoms with Crippen molar-refractivity contribution in [3.05, 3.63) is 79.9 Å². The van der Waals surface area contributed by atoms with Crippen LogP contribution in [0.25, 0.3) is 11.3 Å². The van der Waals surface area contributed by atoms with Crippen LogP contribution in [0.5, 0.6) is 0 Å². The lowest BCUT2D eigenvalue weighted by Crippen LogP contribution is -2.38. The van der Waals surface area contributed by atoms with E-state index >= 15 is 0 Å². The van der Waals surface area contributed by atoms with Gasteiger partial charge in [-0.15, -0.1) is 0 Å². The summed E-state index contributed by atoms with van der Waals surface area (Å²) in [5.74, 6) is -0.220. The molecule has 31 heavy (non-hydrogen) atoms. The predicted octanol–water partition coefficient (Wildman–Crippen LogP) is 3.91. The first kappa shape index (κ1) is 21.2. The van der Waals surface area contributed by atoms with Gasteiger partial charge in [0.05, 0.1) is 23.2 Å². The minimum Gasteiger partial charge on any atom is -0.354 e. The standard InChI is InChI=1S/C21H19BrN4O5/c1-30-16(31-2)11-25-20(13-3-7-14(22)8-4-13)17-18(23-24-19(17)21(25)27)12-5-9-15(10-6-12)26(28)29/h3-10,16,20H,11H2,1-2H3,(H,23,24). The van der Waals surface area contributed by atoms with Crippen LogP contribution in [-0.4, -0.2) is 53.0 Å². The van der Waals surface area contributed by atoms with E-state index in [9.17, 15) is 14.9 Å². The highest BCUT2D eigenvalue weighted by atomic mass is 79.9. The number of hydrogen-bond donors (Lipinski definition) is 1. The molecule has 9 nitrogen and oxygen atoms in total. The molecular weight excluding hydrogens is 468 g/mol. The Balaban J connectivity index is 1.82. The minimum atomic E-state index is -0.596. The Morgan fingerprint density at radius 3 is 2.39 bits per heavy atom. The molecule has 1 unspecified atom stereocenters. The van der Waals surface area contributed by atoms with Crippen LogP contribution in [0.4, 0.5) is 5.69 Å². The number of nitrogens with zero attached hydrogens (tertiary/aromatic N) is 3. The van der Waals surface area contributed by atoms with Crippen LogP contribution in [0.15, 0.2) is 53.0 Å². The fourth-order valence-corrected chi connectivity index (χ4v) is 4.01. The van der Waals surface area contributed by atoms with Gasteiger partial charge in [0.25, 0.3) is 11.6 Å². The molecule has 1 aromatic heterocycles. The van der Waals surface area contributed by atoms with Gasteiger partial charge < -0.3 is 14.4 Å². The molecule has 0 bridgehead atoms. The second-order valence-corrected chi connectivity index (χ2v) is 7.89. The minimum absolute atomic E-state index is 0.0128. The first-order valence-electron chi connectivity index (χ1n) is 9.39. The van der Waals surface area contributed by atoms with E-state index in [2.05, 4.69) is 26.1 Å². The number of carbonyl (C=O) groups is 1. The number of nitro groups is 1. The van der Waals surface area contributed by atoms with E-state index in [0.29, 0.717) is 22.5 Å². The number of benzene rings is 2. The molecule has 0 fully saturated rings. The molecule has 10 heteroatoms. The highest BCUT2D eigenvalue weighted by Crippen LogP contribution is 2.43. The predicted molar refractivity (Wildman–Crippen MR) is 116 cm³/mol. The number of fused-ring (bicyclic) bond motifs is 1. The summed E-state index contributed by atoms with van der Waals surface area (Å²) in [4.78, 5) is 25.5. The van der Waals surface area contributed by atoms with Crippen molar-refractivity contribution < 1.29 is 19.2 Å². The number of carbonyl (C=O) groups excluding carboxylic acids is 1. The zero-order chi connectivity index (χ0) is 22.1. The third-order valence-corrected chi connectivity index (χ3v) is 5.80. The van der Waals surface area contributed by atoms with Crippen molar-refractivity contribution in [3.8, 4) is 11.3 Å².